The third-order valence-corrected chi connectivity index (χ3v) is 3.87. The maximum Gasteiger partial charge on any atom is 0.0998 e. The van der Waals surface area contributed by atoms with Gasteiger partial charge in [-0.1, -0.05) is 24.3 Å². The van der Waals surface area contributed by atoms with E-state index < -0.39 is 0 Å². The second kappa shape index (κ2) is 4.53. The molecular weight excluding hydrogens is 258 g/mol. The Kier molecular flexibility index (Phi) is 2.55. The molecule has 0 spiro atoms. The number of nitrogens with one attached hydrogen (secondary N) is 2. The Morgan fingerprint density at radius 2 is 1.86 bits per heavy atom. The lowest BCUT2D eigenvalue weighted by atomic mass is 10.0. The lowest BCUT2D eigenvalue weighted by Crippen LogP contribution is -1.88. The van der Waals surface area contributed by atoms with Crippen LogP contribution in [-0.2, 0) is 6.42 Å². The zero-order valence-electron chi connectivity index (χ0n) is 11.4. The van der Waals surface area contributed by atoms with Crippen LogP contribution in [0.5, 0.6) is 0 Å². The van der Waals surface area contributed by atoms with Crippen LogP contribution >= 0.6 is 0 Å². The smallest absolute Gasteiger partial charge is 0.0998 e. The second-order valence-corrected chi connectivity index (χ2v) is 5.21. The van der Waals surface area contributed by atoms with Crippen LogP contribution < -0.4 is 0 Å². The summed E-state index contributed by atoms with van der Waals surface area (Å²) < 4.78 is 0. The number of hydrogen-bond donors (Lipinski definition) is 2. The quantitative estimate of drug-likeness (QED) is 0.566. The van der Waals surface area contributed by atoms with Gasteiger partial charge < -0.3 is 9.97 Å². The maximum atomic E-state index is 9.29. The van der Waals surface area contributed by atoms with Gasteiger partial charge in [0, 0.05) is 34.7 Å². The number of hydrogen-bond acceptors (Lipinski definition) is 1. The highest BCUT2D eigenvalue weighted by molar-refractivity contribution is 5.89. The van der Waals surface area contributed by atoms with Crippen LogP contribution in [0.3, 0.4) is 0 Å². The van der Waals surface area contributed by atoms with Gasteiger partial charge in [-0.25, -0.2) is 0 Å². The fraction of sp³-hybridized carbons (Fsp3) is 0.0556. The molecule has 100 valence electrons. The molecule has 2 aromatic carbocycles. The Labute approximate surface area is 121 Å². The Morgan fingerprint density at radius 3 is 2.71 bits per heavy atom. The van der Waals surface area contributed by atoms with Gasteiger partial charge in [0.2, 0.25) is 0 Å². The summed E-state index contributed by atoms with van der Waals surface area (Å²) in [4.78, 5) is 6.69. The van der Waals surface area contributed by atoms with Gasteiger partial charge in [0.05, 0.1) is 11.6 Å². The van der Waals surface area contributed by atoms with Gasteiger partial charge >= 0.3 is 0 Å². The average Bonchev–Trinajstić information content (AvgIpc) is 3.11. The zero-order valence-corrected chi connectivity index (χ0v) is 11.4. The van der Waals surface area contributed by atoms with Gasteiger partial charge in [-0.15, -0.1) is 0 Å². The van der Waals surface area contributed by atoms with Crippen molar-refractivity contribution in [2.75, 3.05) is 0 Å². The molecule has 0 amide bonds. The van der Waals surface area contributed by atoms with Crippen LogP contribution in [0.1, 0.15) is 16.8 Å². The molecule has 21 heavy (non-hydrogen) atoms. The molecule has 0 aliphatic heterocycles. The van der Waals surface area contributed by atoms with E-state index in [-0.39, 0.29) is 0 Å². The average molecular weight is 271 g/mol. The van der Waals surface area contributed by atoms with Crippen molar-refractivity contribution in [3.63, 3.8) is 0 Å². The summed E-state index contributed by atoms with van der Waals surface area (Å²) in [6, 6.07) is 18.5. The lowest BCUT2D eigenvalue weighted by molar-refractivity contribution is 1.13. The van der Waals surface area contributed by atoms with E-state index in [1.165, 1.54) is 5.39 Å². The first-order chi connectivity index (χ1) is 10.3. The van der Waals surface area contributed by atoms with E-state index >= 15 is 0 Å². The van der Waals surface area contributed by atoms with E-state index in [2.05, 4.69) is 34.2 Å². The van der Waals surface area contributed by atoms with E-state index in [9.17, 15) is 5.26 Å². The number of fused-ring (bicyclic) bond motifs is 2. The summed E-state index contributed by atoms with van der Waals surface area (Å²) in [5.41, 5.74) is 5.19. The van der Waals surface area contributed by atoms with Crippen molar-refractivity contribution in [1.82, 2.24) is 9.97 Å². The number of H-pyrrole nitrogens is 2. The number of nitrogens with zero attached hydrogens (tertiary/aromatic N) is 1. The standard InChI is InChI=1S/C18H13N3/c19-10-13-5-3-7-17-18(13)14(11-20-17)9-15-8-12-4-1-2-6-16(12)21-15/h1-8,11,20-21H,9H2. The molecule has 0 saturated heterocycles. The lowest BCUT2D eigenvalue weighted by Gasteiger charge is -1.99. The molecule has 2 heterocycles. The number of rotatable bonds is 2. The van der Waals surface area contributed by atoms with Gasteiger partial charge in [-0.05, 0) is 35.2 Å². The summed E-state index contributed by atoms with van der Waals surface area (Å²) in [7, 11) is 0. The highest BCUT2D eigenvalue weighted by atomic mass is 14.7. The molecule has 0 aliphatic rings. The van der Waals surface area contributed by atoms with E-state index in [4.69, 9.17) is 0 Å². The SMILES string of the molecule is N#Cc1cccc2[nH]cc(Cc3cc4ccccc4[nH]3)c12. The van der Waals surface area contributed by atoms with E-state index in [0.717, 1.165) is 39.7 Å². The summed E-state index contributed by atoms with van der Waals surface area (Å²) in [5.74, 6) is 0. The van der Waals surface area contributed by atoms with Crippen LogP contribution in [-0.4, -0.2) is 9.97 Å². The van der Waals surface area contributed by atoms with E-state index in [1.807, 2.05) is 36.5 Å². The molecule has 4 rings (SSSR count). The van der Waals surface area contributed by atoms with E-state index in [0.29, 0.717) is 0 Å². The number of aromatic amines is 2. The summed E-state index contributed by atoms with van der Waals surface area (Å²) in [6.45, 7) is 0. The molecule has 2 N–H and O–H groups in total. The minimum absolute atomic E-state index is 0.722. The molecule has 0 saturated carbocycles. The fourth-order valence-electron chi connectivity index (χ4n) is 2.92. The monoisotopic (exact) mass is 271 g/mol. The Morgan fingerprint density at radius 1 is 1.00 bits per heavy atom. The highest BCUT2D eigenvalue weighted by Gasteiger charge is 2.10. The molecule has 4 aromatic rings. The summed E-state index contributed by atoms with van der Waals surface area (Å²) in [5, 5.41) is 11.5. The zero-order chi connectivity index (χ0) is 14.2. The second-order valence-electron chi connectivity index (χ2n) is 5.21. The normalized spacial score (nSPS) is 11.0. The topological polar surface area (TPSA) is 55.4 Å². The van der Waals surface area contributed by atoms with E-state index in [1.54, 1.807) is 0 Å². The molecule has 3 nitrogen and oxygen atoms in total. The van der Waals surface area contributed by atoms with Crippen LogP contribution in [0, 0.1) is 11.3 Å². The predicted molar refractivity (Wildman–Crippen MR) is 84.1 cm³/mol. The molecular formula is C18H13N3. The van der Waals surface area contributed by atoms with Crippen LogP contribution in [0.4, 0.5) is 0 Å². The minimum atomic E-state index is 0.722. The van der Waals surface area contributed by atoms with Crippen molar-refractivity contribution in [2.45, 2.75) is 6.42 Å². The maximum absolute atomic E-state index is 9.29. The minimum Gasteiger partial charge on any atom is -0.361 e. The molecule has 0 fully saturated rings. The third kappa shape index (κ3) is 1.89. The summed E-state index contributed by atoms with van der Waals surface area (Å²) in [6.07, 6.45) is 2.78. The van der Waals surface area contributed by atoms with Crippen molar-refractivity contribution in [3.8, 4) is 6.07 Å². The van der Waals surface area contributed by atoms with Crippen molar-refractivity contribution in [1.29, 1.82) is 5.26 Å². The Bertz CT molecular complexity index is 949. The number of benzene rings is 2. The first kappa shape index (κ1) is 11.8. The van der Waals surface area contributed by atoms with Crippen molar-refractivity contribution < 1.29 is 0 Å². The fourth-order valence-corrected chi connectivity index (χ4v) is 2.92. The van der Waals surface area contributed by atoms with Crippen molar-refractivity contribution in [3.05, 3.63) is 71.5 Å². The third-order valence-electron chi connectivity index (χ3n) is 3.87. The molecule has 3 heteroatoms. The van der Waals surface area contributed by atoms with Gasteiger partial charge in [0.25, 0.3) is 0 Å². The molecule has 0 bridgehead atoms. The van der Waals surface area contributed by atoms with Crippen LogP contribution in [0.2, 0.25) is 0 Å². The molecule has 0 unspecified atom stereocenters. The highest BCUT2D eigenvalue weighted by Crippen LogP contribution is 2.25. The first-order valence-electron chi connectivity index (χ1n) is 6.91. The van der Waals surface area contributed by atoms with Gasteiger partial charge in [-0.2, -0.15) is 5.26 Å². The molecule has 0 atom stereocenters. The van der Waals surface area contributed by atoms with Crippen LogP contribution in [0.15, 0.2) is 54.7 Å². The summed E-state index contributed by atoms with van der Waals surface area (Å²) >= 11 is 0. The number of aromatic nitrogens is 2. The van der Waals surface area contributed by atoms with Crippen LogP contribution in [0.25, 0.3) is 21.8 Å². The van der Waals surface area contributed by atoms with Gasteiger partial charge in [0.15, 0.2) is 0 Å². The predicted octanol–water partition coefficient (Wildman–Crippen LogP) is 4.11. The number of para-hydroxylation sites is 1. The number of nitriles is 1. The largest absolute Gasteiger partial charge is 0.361 e. The Balaban J connectivity index is 1.82. The Hall–Kier alpha value is -2.99. The van der Waals surface area contributed by atoms with Gasteiger partial charge in [0.1, 0.15) is 0 Å². The van der Waals surface area contributed by atoms with Crippen molar-refractivity contribution in [2.24, 2.45) is 0 Å². The molecule has 0 radical (unpaired) electrons. The first-order valence-corrected chi connectivity index (χ1v) is 6.91. The molecule has 2 aromatic heterocycles. The molecule has 0 aliphatic carbocycles. The van der Waals surface area contributed by atoms with Gasteiger partial charge in [-0.3, -0.25) is 0 Å². The van der Waals surface area contributed by atoms with Crippen molar-refractivity contribution >= 4 is 21.8 Å².